The molecule has 2 unspecified atom stereocenters. The number of rotatable bonds is 6. The highest BCUT2D eigenvalue weighted by Crippen LogP contribution is 2.60. The molecule has 7 aromatic carbocycles. The minimum Gasteiger partial charge on any atom is -0.208 e. The predicted molar refractivity (Wildman–Crippen MR) is 216 cm³/mol. The SMILES string of the molecule is C1=CC2c3ccccc3C(c3ccccc3)(c3ccccc3)C2C=C1c1nc(-c2ccc(-c3ccccc3)cc2)nc(-c2cccc3ccccc23)n1. The van der Waals surface area contributed by atoms with Gasteiger partial charge in [0.05, 0.1) is 5.41 Å². The van der Waals surface area contributed by atoms with E-state index < -0.39 is 5.41 Å². The second-order valence-corrected chi connectivity index (χ2v) is 13.9. The monoisotopic (exact) mass is 677 g/mol. The summed E-state index contributed by atoms with van der Waals surface area (Å²) in [5.74, 6) is 2.28. The van der Waals surface area contributed by atoms with Gasteiger partial charge in [0.2, 0.25) is 0 Å². The molecule has 2 atom stereocenters. The third-order valence-electron chi connectivity index (χ3n) is 11.1. The molecule has 0 saturated heterocycles. The first-order valence-corrected chi connectivity index (χ1v) is 18.3. The number of benzene rings is 7. The molecule has 0 saturated carbocycles. The fourth-order valence-corrected chi connectivity index (χ4v) is 8.73. The summed E-state index contributed by atoms with van der Waals surface area (Å²) >= 11 is 0. The molecule has 1 heterocycles. The van der Waals surface area contributed by atoms with Crippen molar-refractivity contribution in [1.82, 2.24) is 15.0 Å². The molecule has 10 rings (SSSR count). The van der Waals surface area contributed by atoms with E-state index in [0.29, 0.717) is 17.5 Å². The lowest BCUT2D eigenvalue weighted by molar-refractivity contribution is 0.458. The van der Waals surface area contributed by atoms with E-state index in [9.17, 15) is 0 Å². The number of hydrogen-bond acceptors (Lipinski definition) is 3. The van der Waals surface area contributed by atoms with Crippen molar-refractivity contribution in [2.45, 2.75) is 11.3 Å². The Hall–Kier alpha value is -6.71. The highest BCUT2D eigenvalue weighted by molar-refractivity contribution is 5.95. The second-order valence-electron chi connectivity index (χ2n) is 13.9. The standard InChI is InChI=1S/C50H35N3/c1-4-15-34(16-5-1)35-27-29-37(30-28-35)47-51-48(53-49(52-47)44-25-14-18-36-17-10-11-23-41(36)44)38-31-32-43-42-24-12-13-26-45(42)50(46(43)33-38,39-19-6-2-7-20-39)40-21-8-3-9-22-40/h1-33,43,46H. The molecule has 2 aliphatic rings. The zero-order valence-corrected chi connectivity index (χ0v) is 29.0. The Labute approximate surface area is 309 Å². The second kappa shape index (κ2) is 12.8. The number of allylic oxidation sites excluding steroid dienone is 4. The smallest absolute Gasteiger partial charge is 0.164 e. The van der Waals surface area contributed by atoms with Gasteiger partial charge in [-0.2, -0.15) is 0 Å². The Kier molecular flexibility index (Phi) is 7.51. The van der Waals surface area contributed by atoms with Crippen molar-refractivity contribution in [2.24, 2.45) is 5.92 Å². The molecule has 2 aliphatic carbocycles. The molecular weight excluding hydrogens is 643 g/mol. The lowest BCUT2D eigenvalue weighted by atomic mass is 9.62. The maximum absolute atomic E-state index is 5.28. The molecule has 1 aromatic heterocycles. The summed E-state index contributed by atoms with van der Waals surface area (Å²) in [5, 5.41) is 2.27. The summed E-state index contributed by atoms with van der Waals surface area (Å²) in [7, 11) is 0. The molecular formula is C50H35N3. The molecule has 3 nitrogen and oxygen atoms in total. The fraction of sp³-hybridized carbons (Fsp3) is 0.0600. The van der Waals surface area contributed by atoms with Gasteiger partial charge >= 0.3 is 0 Å². The number of fused-ring (bicyclic) bond motifs is 4. The van der Waals surface area contributed by atoms with Gasteiger partial charge in [-0.25, -0.2) is 15.0 Å². The molecule has 0 bridgehead atoms. The summed E-state index contributed by atoms with van der Waals surface area (Å²) in [6, 6.07) is 64.8. The van der Waals surface area contributed by atoms with Crippen molar-refractivity contribution in [2.75, 3.05) is 0 Å². The van der Waals surface area contributed by atoms with Gasteiger partial charge in [-0.1, -0.05) is 200 Å². The van der Waals surface area contributed by atoms with E-state index in [1.165, 1.54) is 27.8 Å². The fourth-order valence-electron chi connectivity index (χ4n) is 8.73. The average molecular weight is 678 g/mol. The summed E-state index contributed by atoms with van der Waals surface area (Å²) in [6.45, 7) is 0. The maximum Gasteiger partial charge on any atom is 0.164 e. The Morgan fingerprint density at radius 2 is 1.00 bits per heavy atom. The highest BCUT2D eigenvalue weighted by atomic mass is 15.0. The largest absolute Gasteiger partial charge is 0.208 e. The summed E-state index contributed by atoms with van der Waals surface area (Å²) in [4.78, 5) is 15.7. The summed E-state index contributed by atoms with van der Waals surface area (Å²) in [5.41, 5.74) is 10.1. The Balaban J connectivity index is 1.17. The number of aromatic nitrogens is 3. The van der Waals surface area contributed by atoms with E-state index in [2.05, 4.69) is 194 Å². The summed E-state index contributed by atoms with van der Waals surface area (Å²) < 4.78 is 0. The van der Waals surface area contributed by atoms with Crippen LogP contribution in [0.5, 0.6) is 0 Å². The van der Waals surface area contributed by atoms with Crippen molar-refractivity contribution < 1.29 is 0 Å². The minimum atomic E-state index is -0.401. The van der Waals surface area contributed by atoms with Crippen LogP contribution in [0.3, 0.4) is 0 Å². The van der Waals surface area contributed by atoms with Gasteiger partial charge in [-0.05, 0) is 44.2 Å². The van der Waals surface area contributed by atoms with Crippen molar-refractivity contribution in [3.8, 4) is 33.9 Å². The van der Waals surface area contributed by atoms with Crippen molar-refractivity contribution >= 4 is 16.3 Å². The molecule has 0 radical (unpaired) electrons. The van der Waals surface area contributed by atoms with Gasteiger partial charge in [-0.15, -0.1) is 0 Å². The molecule has 53 heavy (non-hydrogen) atoms. The third-order valence-corrected chi connectivity index (χ3v) is 11.1. The quantitative estimate of drug-likeness (QED) is 0.176. The lowest BCUT2D eigenvalue weighted by Gasteiger charge is -2.39. The van der Waals surface area contributed by atoms with Crippen LogP contribution in [0.2, 0.25) is 0 Å². The van der Waals surface area contributed by atoms with Gasteiger partial charge in [0.1, 0.15) is 0 Å². The van der Waals surface area contributed by atoms with Crippen LogP contribution in [0.1, 0.15) is 34.0 Å². The Bertz CT molecular complexity index is 2620. The van der Waals surface area contributed by atoms with E-state index in [4.69, 9.17) is 15.0 Å². The van der Waals surface area contributed by atoms with Gasteiger partial charge in [0, 0.05) is 28.5 Å². The molecule has 250 valence electrons. The van der Waals surface area contributed by atoms with Crippen LogP contribution < -0.4 is 0 Å². The van der Waals surface area contributed by atoms with Crippen LogP contribution in [0.4, 0.5) is 0 Å². The van der Waals surface area contributed by atoms with Crippen molar-refractivity contribution in [3.05, 3.63) is 228 Å². The third kappa shape index (κ3) is 5.16. The van der Waals surface area contributed by atoms with E-state index in [-0.39, 0.29) is 11.8 Å². The van der Waals surface area contributed by atoms with Crippen LogP contribution >= 0.6 is 0 Å². The van der Waals surface area contributed by atoms with E-state index >= 15 is 0 Å². The van der Waals surface area contributed by atoms with E-state index in [0.717, 1.165) is 33.0 Å². The molecule has 0 fully saturated rings. The van der Waals surface area contributed by atoms with Gasteiger partial charge in [0.15, 0.2) is 17.5 Å². The van der Waals surface area contributed by atoms with E-state index in [1.807, 2.05) is 6.07 Å². The Morgan fingerprint density at radius 1 is 0.434 bits per heavy atom. The van der Waals surface area contributed by atoms with Crippen LogP contribution in [0.25, 0.3) is 50.2 Å². The average Bonchev–Trinajstić information content (AvgIpc) is 3.55. The van der Waals surface area contributed by atoms with Gasteiger partial charge in [0.25, 0.3) is 0 Å². The molecule has 0 N–H and O–H groups in total. The normalized spacial score (nSPS) is 16.9. The molecule has 3 heteroatoms. The number of nitrogens with zero attached hydrogens (tertiary/aromatic N) is 3. The first kappa shape index (κ1) is 31.1. The predicted octanol–water partition coefficient (Wildman–Crippen LogP) is 11.7. The van der Waals surface area contributed by atoms with Gasteiger partial charge in [-0.3, -0.25) is 0 Å². The van der Waals surface area contributed by atoms with E-state index in [1.54, 1.807) is 0 Å². The zero-order chi connectivity index (χ0) is 35.2. The molecule has 8 aromatic rings. The first-order valence-electron chi connectivity index (χ1n) is 18.3. The molecule has 0 aliphatic heterocycles. The van der Waals surface area contributed by atoms with Crippen LogP contribution in [-0.4, -0.2) is 15.0 Å². The van der Waals surface area contributed by atoms with Crippen LogP contribution in [-0.2, 0) is 5.41 Å². The van der Waals surface area contributed by atoms with Crippen molar-refractivity contribution in [3.63, 3.8) is 0 Å². The minimum absolute atomic E-state index is 0.0936. The Morgan fingerprint density at radius 3 is 1.75 bits per heavy atom. The maximum atomic E-state index is 5.28. The van der Waals surface area contributed by atoms with Crippen LogP contribution in [0, 0.1) is 5.92 Å². The molecule has 0 amide bonds. The molecule has 0 spiro atoms. The number of hydrogen-bond donors (Lipinski definition) is 0. The lowest BCUT2D eigenvalue weighted by Crippen LogP contribution is -2.35. The zero-order valence-electron chi connectivity index (χ0n) is 29.0. The topological polar surface area (TPSA) is 38.7 Å². The van der Waals surface area contributed by atoms with Crippen LogP contribution in [0.15, 0.2) is 200 Å². The first-order chi connectivity index (χ1) is 26.3. The summed E-state index contributed by atoms with van der Waals surface area (Å²) in [6.07, 6.45) is 7.05. The highest BCUT2D eigenvalue weighted by Gasteiger charge is 2.53. The van der Waals surface area contributed by atoms with Gasteiger partial charge < -0.3 is 0 Å². The van der Waals surface area contributed by atoms with Crippen molar-refractivity contribution in [1.29, 1.82) is 0 Å².